The van der Waals surface area contributed by atoms with Gasteiger partial charge in [0.05, 0.1) is 27.2 Å². The molecule has 0 aliphatic heterocycles. The molecule has 0 unspecified atom stereocenters. The number of carboxylic acids is 1. The van der Waals surface area contributed by atoms with Crippen LogP contribution in [0.15, 0.2) is 85.5 Å². The fourth-order valence-electron chi connectivity index (χ4n) is 5.96. The first-order valence-electron chi connectivity index (χ1n) is 14.2. The van der Waals surface area contributed by atoms with Crippen molar-refractivity contribution in [2.24, 2.45) is 5.92 Å². The molecule has 210 valence electrons. The van der Waals surface area contributed by atoms with Gasteiger partial charge in [-0.15, -0.1) is 11.3 Å². The number of thiazole rings is 1. The van der Waals surface area contributed by atoms with Crippen LogP contribution in [0.2, 0.25) is 0 Å². The number of para-hydroxylation sites is 1. The summed E-state index contributed by atoms with van der Waals surface area (Å²) in [6, 6.07) is 22.4. The van der Waals surface area contributed by atoms with Gasteiger partial charge in [-0.3, -0.25) is 4.79 Å². The minimum Gasteiger partial charge on any atom is -0.486 e. The van der Waals surface area contributed by atoms with E-state index in [2.05, 4.69) is 49.9 Å². The van der Waals surface area contributed by atoms with Gasteiger partial charge in [-0.2, -0.15) is 0 Å². The van der Waals surface area contributed by atoms with Gasteiger partial charge in [0, 0.05) is 36.5 Å². The number of aromatic nitrogens is 5. The summed E-state index contributed by atoms with van der Waals surface area (Å²) in [5.41, 5.74) is 5.86. The lowest BCUT2D eigenvalue weighted by molar-refractivity contribution is -0.143. The van der Waals surface area contributed by atoms with Crippen LogP contribution in [0.25, 0.3) is 32.4 Å². The van der Waals surface area contributed by atoms with E-state index in [4.69, 9.17) is 9.72 Å². The molecular formula is C33H29N5O3S. The summed E-state index contributed by atoms with van der Waals surface area (Å²) < 4.78 is 9.48. The number of imidazole rings is 1. The topological polar surface area (TPSA) is 103 Å². The van der Waals surface area contributed by atoms with Crippen molar-refractivity contribution in [3.8, 4) is 16.9 Å². The molecule has 6 aromatic rings. The molecule has 2 atom stereocenters. The Balaban J connectivity index is 1.21. The number of rotatable bonds is 8. The summed E-state index contributed by atoms with van der Waals surface area (Å²) in [6.45, 7) is 0.965. The molecular weight excluding hydrogens is 546 g/mol. The number of carbonyl (C=O) groups is 1. The predicted octanol–water partition coefficient (Wildman–Crippen LogP) is 7.09. The van der Waals surface area contributed by atoms with Crippen LogP contribution in [0.3, 0.4) is 0 Å². The van der Waals surface area contributed by atoms with E-state index in [1.165, 1.54) is 6.33 Å². The van der Waals surface area contributed by atoms with Gasteiger partial charge in [0.2, 0.25) is 0 Å². The van der Waals surface area contributed by atoms with Crippen molar-refractivity contribution in [3.05, 3.63) is 102 Å². The molecule has 42 heavy (non-hydrogen) atoms. The largest absolute Gasteiger partial charge is 0.486 e. The molecule has 1 saturated carbocycles. The van der Waals surface area contributed by atoms with Crippen LogP contribution in [-0.2, 0) is 17.9 Å². The zero-order valence-corrected chi connectivity index (χ0v) is 23.7. The van der Waals surface area contributed by atoms with E-state index in [9.17, 15) is 9.90 Å². The second kappa shape index (κ2) is 11.3. The monoisotopic (exact) mass is 575 g/mol. The van der Waals surface area contributed by atoms with Crippen LogP contribution in [0.4, 0.5) is 0 Å². The summed E-state index contributed by atoms with van der Waals surface area (Å²) in [6.07, 6.45) is 8.55. The zero-order chi connectivity index (χ0) is 28.5. The Morgan fingerprint density at radius 2 is 1.74 bits per heavy atom. The standard InChI is InChI=1S/C33H29N5O3S/c39-33(40)26-6-2-1-5-25(26)32-37-28-15-24(41-19-31-36-27-7-3-4-8-30(27)42-31)13-14-29(28)38(32)18-21-9-11-22(12-10-21)23-16-34-20-35-17-23/h3-4,7-17,20,25-26H,1-2,5-6,18-19H2,(H,39,40)/t25-,26+/m1/s1. The van der Waals surface area contributed by atoms with Crippen molar-refractivity contribution in [2.45, 2.75) is 44.8 Å². The first-order valence-corrected chi connectivity index (χ1v) is 15.0. The third-order valence-corrected chi connectivity index (χ3v) is 9.06. The minimum atomic E-state index is -0.743. The summed E-state index contributed by atoms with van der Waals surface area (Å²) in [7, 11) is 0. The van der Waals surface area contributed by atoms with Crippen molar-refractivity contribution >= 4 is 38.6 Å². The lowest BCUT2D eigenvalue weighted by Gasteiger charge is -2.28. The van der Waals surface area contributed by atoms with Crippen LogP contribution >= 0.6 is 11.3 Å². The van der Waals surface area contributed by atoms with Crippen molar-refractivity contribution in [3.63, 3.8) is 0 Å². The molecule has 1 fully saturated rings. The average molecular weight is 576 g/mol. The second-order valence-corrected chi connectivity index (χ2v) is 11.8. The Morgan fingerprint density at radius 3 is 2.55 bits per heavy atom. The van der Waals surface area contributed by atoms with Gasteiger partial charge in [-0.05, 0) is 48.2 Å². The van der Waals surface area contributed by atoms with Gasteiger partial charge in [0.1, 0.15) is 29.5 Å². The van der Waals surface area contributed by atoms with Crippen molar-refractivity contribution in [1.82, 2.24) is 24.5 Å². The molecule has 7 rings (SSSR count). The fourth-order valence-corrected chi connectivity index (χ4v) is 6.84. The van der Waals surface area contributed by atoms with Crippen LogP contribution in [0.5, 0.6) is 5.75 Å². The lowest BCUT2D eigenvalue weighted by atomic mass is 9.78. The number of benzene rings is 3. The van der Waals surface area contributed by atoms with E-state index in [1.54, 1.807) is 23.7 Å². The van der Waals surface area contributed by atoms with Gasteiger partial charge >= 0.3 is 5.97 Å². The van der Waals surface area contributed by atoms with E-state index < -0.39 is 11.9 Å². The van der Waals surface area contributed by atoms with Crippen LogP contribution < -0.4 is 4.74 Å². The Kier molecular flexibility index (Phi) is 7.09. The molecule has 1 N–H and O–H groups in total. The number of nitrogens with zero attached hydrogens (tertiary/aromatic N) is 5. The molecule has 9 heteroatoms. The smallest absolute Gasteiger partial charge is 0.307 e. The summed E-state index contributed by atoms with van der Waals surface area (Å²) in [5, 5.41) is 11.0. The number of aliphatic carboxylic acids is 1. The van der Waals surface area contributed by atoms with Crippen LogP contribution in [0, 0.1) is 5.92 Å². The summed E-state index contributed by atoms with van der Waals surface area (Å²) in [5.74, 6) is 0.223. The first kappa shape index (κ1) is 26.3. The molecule has 0 spiro atoms. The number of fused-ring (bicyclic) bond motifs is 2. The highest BCUT2D eigenvalue weighted by Crippen LogP contribution is 2.39. The van der Waals surface area contributed by atoms with Gasteiger partial charge in [0.25, 0.3) is 0 Å². The Morgan fingerprint density at radius 1 is 0.929 bits per heavy atom. The Bertz CT molecular complexity index is 1830. The molecule has 1 aliphatic rings. The number of carboxylic acid groups (broad SMARTS) is 1. The fraction of sp³-hybridized carbons (Fsp3) is 0.242. The summed E-state index contributed by atoms with van der Waals surface area (Å²) >= 11 is 1.63. The van der Waals surface area contributed by atoms with E-state index in [-0.39, 0.29) is 5.92 Å². The molecule has 0 radical (unpaired) electrons. The molecule has 0 bridgehead atoms. The molecule has 0 amide bonds. The maximum atomic E-state index is 12.3. The van der Waals surface area contributed by atoms with Gasteiger partial charge < -0.3 is 14.4 Å². The highest BCUT2D eigenvalue weighted by molar-refractivity contribution is 7.18. The van der Waals surface area contributed by atoms with Crippen molar-refractivity contribution in [2.75, 3.05) is 0 Å². The highest BCUT2D eigenvalue weighted by atomic mass is 32.1. The average Bonchev–Trinajstić information content (AvgIpc) is 3.61. The van der Waals surface area contributed by atoms with Crippen LogP contribution in [0.1, 0.15) is 48.0 Å². The molecule has 3 aromatic heterocycles. The minimum absolute atomic E-state index is 0.142. The lowest BCUT2D eigenvalue weighted by Crippen LogP contribution is -2.27. The van der Waals surface area contributed by atoms with Gasteiger partial charge in [-0.1, -0.05) is 49.2 Å². The normalized spacial score (nSPS) is 17.0. The SMILES string of the molecule is O=C(O)[C@H]1CCCC[C@H]1c1nc2cc(OCc3nc4ccccc4s3)ccc2n1Cc1ccc(-c2cncnc2)cc1. The van der Waals surface area contributed by atoms with E-state index >= 15 is 0 Å². The van der Waals surface area contributed by atoms with Gasteiger partial charge in [-0.25, -0.2) is 19.9 Å². The van der Waals surface area contributed by atoms with Gasteiger partial charge in [0.15, 0.2) is 0 Å². The number of hydrogen-bond donors (Lipinski definition) is 1. The Hall–Kier alpha value is -4.63. The number of hydrogen-bond acceptors (Lipinski definition) is 7. The molecule has 8 nitrogen and oxygen atoms in total. The van der Waals surface area contributed by atoms with E-state index in [0.29, 0.717) is 25.3 Å². The van der Waals surface area contributed by atoms with E-state index in [1.807, 2.05) is 36.4 Å². The molecule has 1 aliphatic carbocycles. The Labute approximate surface area is 246 Å². The maximum Gasteiger partial charge on any atom is 0.307 e. The second-order valence-electron chi connectivity index (χ2n) is 10.7. The predicted molar refractivity (Wildman–Crippen MR) is 163 cm³/mol. The zero-order valence-electron chi connectivity index (χ0n) is 22.9. The molecule has 3 heterocycles. The molecule has 0 saturated heterocycles. The highest BCUT2D eigenvalue weighted by Gasteiger charge is 2.35. The third kappa shape index (κ3) is 5.23. The number of ether oxygens (including phenoxy) is 1. The van der Waals surface area contributed by atoms with E-state index in [0.717, 1.165) is 68.0 Å². The third-order valence-electron chi connectivity index (χ3n) is 8.05. The summed E-state index contributed by atoms with van der Waals surface area (Å²) in [4.78, 5) is 30.3. The van der Waals surface area contributed by atoms with Crippen LogP contribution in [-0.4, -0.2) is 35.6 Å². The van der Waals surface area contributed by atoms with Crippen molar-refractivity contribution in [1.29, 1.82) is 0 Å². The van der Waals surface area contributed by atoms with Crippen molar-refractivity contribution < 1.29 is 14.6 Å². The quantitative estimate of drug-likeness (QED) is 0.207. The maximum absolute atomic E-state index is 12.3. The first-order chi connectivity index (χ1) is 20.6. The molecule has 3 aromatic carbocycles.